The molecule has 13 heteroatoms. The second kappa shape index (κ2) is 18.6. The number of hydrogen-bond donors (Lipinski definition) is 3. The van der Waals surface area contributed by atoms with Gasteiger partial charge in [-0.25, -0.2) is 12.8 Å². The average Bonchev–Trinajstić information content (AvgIpc) is 3.57. The van der Waals surface area contributed by atoms with Gasteiger partial charge in [-0.1, -0.05) is 75.4 Å². The van der Waals surface area contributed by atoms with Crippen molar-refractivity contribution in [3.8, 4) is 0 Å². The van der Waals surface area contributed by atoms with Crippen molar-refractivity contribution in [3.63, 3.8) is 0 Å². The quantitative estimate of drug-likeness (QED) is 0.0934. The topological polar surface area (TPSA) is 144 Å². The molecular formula is C46H59F3O8S2. The Bertz CT molecular complexity index is 1850. The van der Waals surface area contributed by atoms with Crippen LogP contribution < -0.4 is 0 Å². The maximum atomic E-state index is 13.6. The molecule has 12 atom stereocenters. The number of rotatable bonds is 12. The zero-order valence-electron chi connectivity index (χ0n) is 34.0. The predicted molar refractivity (Wildman–Crippen MR) is 219 cm³/mol. The zero-order chi connectivity index (χ0) is 42.8. The lowest BCUT2D eigenvalue weighted by Crippen LogP contribution is -2.62. The minimum atomic E-state index is -6.17. The fourth-order valence-corrected chi connectivity index (χ4v) is 14.0. The second-order valence-corrected chi connectivity index (χ2v) is 21.3. The first-order valence-electron chi connectivity index (χ1n) is 21.0. The third-order valence-corrected chi connectivity index (χ3v) is 17.7. The molecule has 5 unspecified atom stereocenters. The van der Waals surface area contributed by atoms with Gasteiger partial charge < -0.3 is 24.6 Å². The highest BCUT2D eigenvalue weighted by atomic mass is 32.2. The Morgan fingerprint density at radius 1 is 0.847 bits per heavy atom. The molecule has 0 amide bonds. The Hall–Kier alpha value is -2.94. The van der Waals surface area contributed by atoms with Crippen molar-refractivity contribution >= 4 is 27.0 Å². The Balaban J connectivity index is 0.000000255. The molecule has 59 heavy (non-hydrogen) atoms. The van der Waals surface area contributed by atoms with Gasteiger partial charge in [0, 0.05) is 12.8 Å². The van der Waals surface area contributed by atoms with Crippen LogP contribution in [0.25, 0.3) is 0 Å². The van der Waals surface area contributed by atoms with E-state index in [4.69, 9.17) is 4.74 Å². The number of halogens is 3. The molecule has 4 fully saturated rings. The van der Waals surface area contributed by atoms with Crippen LogP contribution in [0.15, 0.2) is 106 Å². The fourth-order valence-electron chi connectivity index (χ4n) is 11.4. The molecule has 0 aromatic heterocycles. The molecule has 8 nitrogen and oxygen atoms in total. The summed E-state index contributed by atoms with van der Waals surface area (Å²) in [6.07, 6.45) is -0.169. The van der Waals surface area contributed by atoms with Crippen molar-refractivity contribution < 1.29 is 51.0 Å². The van der Waals surface area contributed by atoms with Crippen LogP contribution in [0.1, 0.15) is 85.0 Å². The van der Waals surface area contributed by atoms with Crippen LogP contribution in [0.3, 0.4) is 0 Å². The summed E-state index contributed by atoms with van der Waals surface area (Å²) in [4.78, 5) is 16.3. The van der Waals surface area contributed by atoms with Gasteiger partial charge in [0.15, 0.2) is 31.0 Å². The summed E-state index contributed by atoms with van der Waals surface area (Å²) in [7, 11) is -6.19. The van der Waals surface area contributed by atoms with E-state index in [2.05, 4.69) is 105 Å². The van der Waals surface area contributed by atoms with Gasteiger partial charge in [-0.3, -0.25) is 4.79 Å². The van der Waals surface area contributed by atoms with Crippen molar-refractivity contribution in [1.29, 1.82) is 0 Å². The van der Waals surface area contributed by atoms with Crippen LogP contribution in [0.2, 0.25) is 0 Å². The van der Waals surface area contributed by atoms with E-state index in [1.54, 1.807) is 0 Å². The molecule has 4 aliphatic carbocycles. The highest BCUT2D eigenvalue weighted by Crippen LogP contribution is 2.68. The lowest BCUT2D eigenvalue weighted by Gasteiger charge is -2.63. The highest BCUT2D eigenvalue weighted by Gasteiger charge is 2.65. The number of hydrogen-bond acceptors (Lipinski definition) is 8. The van der Waals surface area contributed by atoms with Crippen molar-refractivity contribution in [2.24, 2.45) is 46.3 Å². The number of aliphatic hydroxyl groups is 3. The summed E-state index contributed by atoms with van der Waals surface area (Å²) in [6, 6.07) is 32.2. The van der Waals surface area contributed by atoms with Crippen molar-refractivity contribution in [3.05, 3.63) is 91.0 Å². The van der Waals surface area contributed by atoms with E-state index in [-0.39, 0.29) is 64.3 Å². The Morgan fingerprint density at radius 3 is 1.92 bits per heavy atom. The number of carbonyl (C=O) groups excluding carboxylic acids is 1. The first-order chi connectivity index (χ1) is 27.9. The van der Waals surface area contributed by atoms with Gasteiger partial charge in [-0.2, -0.15) is 8.78 Å². The molecule has 7 rings (SSSR count). The van der Waals surface area contributed by atoms with Gasteiger partial charge in [0.25, 0.3) is 0 Å². The van der Waals surface area contributed by atoms with Crippen molar-refractivity contribution in [2.45, 2.75) is 129 Å². The van der Waals surface area contributed by atoms with Crippen LogP contribution in [-0.2, 0) is 30.5 Å². The normalized spacial score (nSPS) is 32.7. The minimum Gasteiger partial charge on any atom is -0.743 e. The summed E-state index contributed by atoms with van der Waals surface area (Å²) in [5.74, 6) is -0.0474. The van der Waals surface area contributed by atoms with Gasteiger partial charge in [0.1, 0.15) is 0 Å². The maximum absolute atomic E-state index is 13.6. The first kappa shape index (κ1) is 45.6. The van der Waals surface area contributed by atoms with E-state index in [9.17, 15) is 46.3 Å². The summed E-state index contributed by atoms with van der Waals surface area (Å²) in [5.41, 5.74) is -0.473. The summed E-state index contributed by atoms with van der Waals surface area (Å²) in [6.45, 7) is 5.59. The smallest absolute Gasteiger partial charge is 0.364 e. The molecule has 0 aliphatic heterocycles. The van der Waals surface area contributed by atoms with Crippen molar-refractivity contribution in [1.82, 2.24) is 0 Å². The van der Waals surface area contributed by atoms with Crippen molar-refractivity contribution in [2.75, 3.05) is 6.61 Å². The Morgan fingerprint density at radius 2 is 1.39 bits per heavy atom. The molecule has 4 aliphatic rings. The molecule has 324 valence electrons. The van der Waals surface area contributed by atoms with E-state index in [0.29, 0.717) is 25.7 Å². The molecule has 4 saturated carbocycles. The van der Waals surface area contributed by atoms with Crippen LogP contribution >= 0.6 is 0 Å². The third kappa shape index (κ3) is 9.45. The van der Waals surface area contributed by atoms with E-state index in [1.165, 1.54) is 14.7 Å². The van der Waals surface area contributed by atoms with E-state index in [1.807, 2.05) is 6.92 Å². The number of alkyl halides is 3. The number of benzene rings is 3. The number of ether oxygens (including phenoxy) is 1. The lowest BCUT2D eigenvalue weighted by molar-refractivity contribution is -0.207. The fraction of sp³-hybridized carbons (Fsp3) is 0.587. The van der Waals surface area contributed by atoms with Gasteiger partial charge in [0.2, 0.25) is 0 Å². The Kier molecular flexibility index (Phi) is 14.4. The number of fused-ring (bicyclic) bond motifs is 5. The first-order valence-corrected chi connectivity index (χ1v) is 23.6. The van der Waals surface area contributed by atoms with Crippen LogP contribution in [-0.4, -0.2) is 70.6 Å². The Labute approximate surface area is 350 Å². The van der Waals surface area contributed by atoms with Gasteiger partial charge in [-0.05, 0) is 134 Å². The third-order valence-electron chi connectivity index (χ3n) is 14.6. The van der Waals surface area contributed by atoms with Crippen LogP contribution in [0.5, 0.6) is 0 Å². The van der Waals surface area contributed by atoms with E-state index in [0.717, 1.165) is 25.7 Å². The molecule has 0 saturated heterocycles. The molecule has 0 bridgehead atoms. The molecule has 3 aromatic rings. The van der Waals surface area contributed by atoms with E-state index >= 15 is 0 Å². The van der Waals surface area contributed by atoms with Crippen LogP contribution in [0.4, 0.5) is 13.2 Å². The highest BCUT2D eigenvalue weighted by molar-refractivity contribution is 7.97. The van der Waals surface area contributed by atoms with E-state index < -0.39 is 58.2 Å². The number of aliphatic hydroxyl groups excluding tert-OH is 3. The van der Waals surface area contributed by atoms with Gasteiger partial charge in [0.05, 0.1) is 35.8 Å². The molecular weight excluding hydrogens is 802 g/mol. The summed E-state index contributed by atoms with van der Waals surface area (Å²) in [5, 5.41) is 28.2. The van der Waals surface area contributed by atoms with Crippen LogP contribution in [0, 0.1) is 46.3 Å². The molecule has 0 radical (unpaired) electrons. The predicted octanol–water partition coefficient (Wildman–Crippen LogP) is 8.56. The molecule has 0 spiro atoms. The maximum Gasteiger partial charge on any atom is 0.364 e. The van der Waals surface area contributed by atoms with Gasteiger partial charge >= 0.3 is 11.2 Å². The van der Waals surface area contributed by atoms with Gasteiger partial charge in [-0.15, -0.1) is 0 Å². The second-order valence-electron chi connectivity index (χ2n) is 17.8. The SMILES string of the molecule is C[C@H](CCC(=O)OCCC(F)C(F)(F)S(=O)(=O)[O-])[C@H]1CCC2C3C(C[C@H](O)[C@@]21C)[C@@]1(C)CC[C@@H](O)CC1C[C@H]3O.c1ccc([S+](c2ccccc2)c2ccccc2)cc1. The zero-order valence-corrected chi connectivity index (χ0v) is 35.7. The number of esters is 1. The lowest BCUT2D eigenvalue weighted by atomic mass is 9.43. The standard InChI is InChI=1S/C28H45F3O8S.C18H15S/c1-15(4-7-24(35)39-11-9-22(29)28(30,31)40(36,37)38)18-5-6-19-25-20(14-23(34)27(18,19)3)26(2)10-8-17(32)12-16(26)13-21(25)33;1-4-10-16(11-5-1)19(17-12-6-2-7-13-17)18-14-8-3-9-15-18/h15-23,25,32-34H,4-14H2,1-3H3,(H,36,37,38);1-15H/q;+1/p-1/t15-,16?,17-,18-,19?,20?,21-,22?,23+,25?,26+,27-;/m1./s1. The monoisotopic (exact) mass is 860 g/mol. The largest absolute Gasteiger partial charge is 0.743 e. The average molecular weight is 861 g/mol. The molecule has 3 aromatic carbocycles. The molecule has 0 heterocycles. The summed E-state index contributed by atoms with van der Waals surface area (Å²) >= 11 is 0. The number of carbonyl (C=O) groups is 1. The summed E-state index contributed by atoms with van der Waals surface area (Å²) < 4.78 is 76.6. The molecule has 3 N–H and O–H groups in total. The minimum absolute atomic E-state index is 0.00603.